The summed E-state index contributed by atoms with van der Waals surface area (Å²) in [6, 6.07) is 0. The zero-order valence-electron chi connectivity index (χ0n) is 10.1. The van der Waals surface area contributed by atoms with Crippen LogP contribution >= 0.6 is 11.6 Å². The number of anilines is 1. The number of halogens is 1. The number of carbonyl (C=O) groups is 1. The first-order valence-electron chi connectivity index (χ1n) is 5.23. The smallest absolute Gasteiger partial charge is 0.401 e. The Kier molecular flexibility index (Phi) is 5.90. The lowest BCUT2D eigenvalue weighted by Gasteiger charge is -2.03. The zero-order chi connectivity index (χ0) is 15.1. The van der Waals surface area contributed by atoms with Crippen molar-refractivity contribution >= 4 is 34.1 Å². The average molecular weight is 306 g/mol. The lowest BCUT2D eigenvalue weighted by molar-refractivity contribution is 0.0499. The highest BCUT2D eigenvalue weighted by Crippen LogP contribution is 2.05. The summed E-state index contributed by atoms with van der Waals surface area (Å²) in [5.74, 6) is 0.0291. The molecule has 2 aromatic heterocycles. The van der Waals surface area contributed by atoms with Crippen LogP contribution in [0.1, 0.15) is 0 Å². The molecule has 0 aliphatic rings. The maximum absolute atomic E-state index is 11.4. The first-order valence-corrected chi connectivity index (χ1v) is 5.61. The molecule has 2 aromatic rings. The highest BCUT2D eigenvalue weighted by Gasteiger charge is 2.08. The Balaban J connectivity index is 0.000000444. The van der Waals surface area contributed by atoms with E-state index < -0.39 is 5.43 Å². The molecule has 0 amide bonds. The van der Waals surface area contributed by atoms with E-state index in [1.54, 1.807) is 0 Å². The van der Waals surface area contributed by atoms with E-state index in [1.165, 1.54) is 10.9 Å². The van der Waals surface area contributed by atoms with Crippen LogP contribution in [0.5, 0.6) is 0 Å². The van der Waals surface area contributed by atoms with Crippen LogP contribution in [0.2, 0.25) is 0 Å². The number of nitrogens with zero attached hydrogens (tertiary/aromatic N) is 3. The predicted octanol–water partition coefficient (Wildman–Crippen LogP) is -0.429. The van der Waals surface area contributed by atoms with Crippen molar-refractivity contribution in [3.8, 4) is 0 Å². The van der Waals surface area contributed by atoms with Gasteiger partial charge < -0.3 is 20.7 Å². The quantitative estimate of drug-likeness (QED) is 0.438. The number of aliphatic hydroxyl groups is 1. The molecule has 0 saturated carbocycles. The third-order valence-corrected chi connectivity index (χ3v) is 1.96. The number of aromatic amines is 1. The van der Waals surface area contributed by atoms with Gasteiger partial charge >= 0.3 is 5.43 Å². The molecule has 5 N–H and O–H groups in total. The van der Waals surface area contributed by atoms with E-state index in [0.717, 1.165) is 0 Å². The van der Waals surface area contributed by atoms with Gasteiger partial charge in [-0.2, -0.15) is 4.98 Å². The van der Waals surface area contributed by atoms with Gasteiger partial charge in [0.25, 0.3) is 5.56 Å². The summed E-state index contributed by atoms with van der Waals surface area (Å²) in [7, 11) is 0. The van der Waals surface area contributed by atoms with Crippen molar-refractivity contribution in [3.63, 3.8) is 0 Å². The molecular formula is C9H12ClN5O5. The number of H-pyrrole nitrogens is 1. The summed E-state index contributed by atoms with van der Waals surface area (Å²) in [6.45, 7) is 0.300. The topological polar surface area (TPSA) is 156 Å². The number of nitrogens with two attached hydrogens (primary N) is 1. The number of nitrogens with one attached hydrogen (secondary N) is 1. The largest absolute Gasteiger partial charge is 0.469 e. The van der Waals surface area contributed by atoms with E-state index in [2.05, 4.69) is 26.6 Å². The minimum Gasteiger partial charge on any atom is -0.469 e. The highest BCUT2D eigenvalue weighted by atomic mass is 35.5. The summed E-state index contributed by atoms with van der Waals surface area (Å²) in [5.41, 5.74) is 4.24. The molecule has 2 rings (SSSR count). The van der Waals surface area contributed by atoms with Crippen LogP contribution in [-0.4, -0.2) is 48.4 Å². The summed E-state index contributed by atoms with van der Waals surface area (Å²) in [4.78, 5) is 30.4. The number of aromatic nitrogens is 4. The molecule has 0 atom stereocenters. The van der Waals surface area contributed by atoms with Crippen LogP contribution < -0.4 is 11.3 Å². The average Bonchev–Trinajstić information content (AvgIpc) is 2.72. The number of fused-ring (bicyclic) bond motifs is 1. The zero-order valence-corrected chi connectivity index (χ0v) is 10.9. The van der Waals surface area contributed by atoms with Crippen LogP contribution in [0.15, 0.2) is 11.1 Å². The van der Waals surface area contributed by atoms with Crippen molar-refractivity contribution in [2.45, 2.75) is 6.73 Å². The van der Waals surface area contributed by atoms with E-state index in [9.17, 15) is 4.79 Å². The molecule has 0 saturated heterocycles. The van der Waals surface area contributed by atoms with Crippen molar-refractivity contribution < 1.29 is 19.7 Å². The molecule has 0 spiro atoms. The van der Waals surface area contributed by atoms with Gasteiger partial charge in [0.1, 0.15) is 6.73 Å². The third kappa shape index (κ3) is 4.50. The monoisotopic (exact) mass is 305 g/mol. The molecule has 0 fully saturated rings. The Morgan fingerprint density at radius 3 is 2.85 bits per heavy atom. The minimum absolute atomic E-state index is 0.0291. The van der Waals surface area contributed by atoms with E-state index in [1.807, 2.05) is 0 Å². The Bertz CT molecular complexity index is 635. The number of ether oxygens (including phenoxy) is 1. The van der Waals surface area contributed by atoms with Crippen LogP contribution in [0, 0.1) is 0 Å². The first kappa shape index (κ1) is 15.9. The SMILES string of the molecule is Nc1nc2c(ncn2COCCO)c(=O)[nH]1.O=C(O)Cl. The van der Waals surface area contributed by atoms with Gasteiger partial charge in [0.05, 0.1) is 19.5 Å². The van der Waals surface area contributed by atoms with Gasteiger partial charge in [-0.1, -0.05) is 0 Å². The molecule has 11 heteroatoms. The van der Waals surface area contributed by atoms with Gasteiger partial charge in [-0.05, 0) is 0 Å². The Morgan fingerprint density at radius 1 is 1.60 bits per heavy atom. The van der Waals surface area contributed by atoms with E-state index >= 15 is 0 Å². The molecule has 2 heterocycles. The molecule has 0 aliphatic carbocycles. The summed E-state index contributed by atoms with van der Waals surface area (Å²) in [6.07, 6.45) is 1.43. The summed E-state index contributed by atoms with van der Waals surface area (Å²) in [5, 5.41) is 15.7. The second kappa shape index (κ2) is 7.43. The molecule has 20 heavy (non-hydrogen) atoms. The molecule has 0 bridgehead atoms. The fraction of sp³-hybridized carbons (Fsp3) is 0.333. The van der Waals surface area contributed by atoms with Gasteiger partial charge in [0.15, 0.2) is 11.2 Å². The molecule has 110 valence electrons. The van der Waals surface area contributed by atoms with E-state index in [4.69, 9.17) is 25.5 Å². The number of carboxylic acid groups (broad SMARTS) is 1. The number of rotatable bonds is 4. The van der Waals surface area contributed by atoms with Crippen molar-refractivity contribution in [3.05, 3.63) is 16.7 Å². The van der Waals surface area contributed by atoms with Crippen LogP contribution in [0.4, 0.5) is 10.7 Å². The second-order valence-corrected chi connectivity index (χ2v) is 3.67. The van der Waals surface area contributed by atoms with Crippen molar-refractivity contribution in [2.24, 2.45) is 0 Å². The van der Waals surface area contributed by atoms with Gasteiger partial charge in [-0.25, -0.2) is 9.78 Å². The molecule has 10 nitrogen and oxygen atoms in total. The van der Waals surface area contributed by atoms with Crippen molar-refractivity contribution in [1.82, 2.24) is 19.5 Å². The number of aliphatic hydroxyl groups excluding tert-OH is 1. The van der Waals surface area contributed by atoms with Crippen LogP contribution in [-0.2, 0) is 11.5 Å². The predicted molar refractivity (Wildman–Crippen MR) is 69.5 cm³/mol. The van der Waals surface area contributed by atoms with Crippen molar-refractivity contribution in [2.75, 3.05) is 18.9 Å². The number of hydrogen-bond donors (Lipinski definition) is 4. The highest BCUT2D eigenvalue weighted by molar-refractivity contribution is 6.60. The van der Waals surface area contributed by atoms with Gasteiger partial charge in [-0.15, -0.1) is 0 Å². The van der Waals surface area contributed by atoms with Crippen LogP contribution in [0.25, 0.3) is 11.2 Å². The fourth-order valence-corrected chi connectivity index (χ4v) is 1.29. The van der Waals surface area contributed by atoms with Crippen LogP contribution in [0.3, 0.4) is 0 Å². The Labute approximate surface area is 116 Å². The second-order valence-electron chi connectivity index (χ2n) is 3.35. The molecule has 0 radical (unpaired) electrons. The molecule has 0 aromatic carbocycles. The maximum Gasteiger partial charge on any atom is 0.401 e. The number of imidazole rings is 1. The minimum atomic E-state index is -1.36. The van der Waals surface area contributed by atoms with E-state index in [-0.39, 0.29) is 37.0 Å². The first-order chi connectivity index (χ1) is 9.45. The molecular weight excluding hydrogens is 294 g/mol. The molecule has 0 unspecified atom stereocenters. The molecule has 0 aliphatic heterocycles. The summed E-state index contributed by atoms with van der Waals surface area (Å²) >= 11 is 4.19. The van der Waals surface area contributed by atoms with E-state index in [0.29, 0.717) is 5.65 Å². The fourth-order valence-electron chi connectivity index (χ4n) is 1.29. The maximum atomic E-state index is 11.4. The standard InChI is InChI=1S/C8H11N5O3.CHClO2/c9-8-11-6-5(7(15)12-8)10-3-13(6)4-16-2-1-14;2-1(3)4/h3,14H,1-2,4H2,(H3,9,11,12,15);(H,3,4). The lowest BCUT2D eigenvalue weighted by atomic mass is 10.5. The normalized spacial score (nSPS) is 10.1. The van der Waals surface area contributed by atoms with Gasteiger partial charge in [-0.3, -0.25) is 14.3 Å². The van der Waals surface area contributed by atoms with Gasteiger partial charge in [0.2, 0.25) is 5.95 Å². The lowest BCUT2D eigenvalue weighted by Crippen LogP contribution is -2.13. The number of nitrogen functional groups attached to an aromatic ring is 1. The Hall–Kier alpha value is -2.17. The van der Waals surface area contributed by atoms with Crippen molar-refractivity contribution in [1.29, 1.82) is 0 Å². The Morgan fingerprint density at radius 2 is 2.25 bits per heavy atom. The summed E-state index contributed by atoms with van der Waals surface area (Å²) < 4.78 is 6.63. The van der Waals surface area contributed by atoms with Gasteiger partial charge in [0, 0.05) is 11.6 Å². The third-order valence-electron chi connectivity index (χ3n) is 1.96. The number of hydrogen-bond acceptors (Lipinski definition) is 7.